The lowest BCUT2D eigenvalue weighted by molar-refractivity contribution is -0.133. The Hall–Kier alpha value is -1.83. The number of carbonyl (C=O) groups is 1. The predicted molar refractivity (Wildman–Crippen MR) is 54.3 cm³/mol. The molecule has 0 amide bonds. The third-order valence-corrected chi connectivity index (χ3v) is 1.97. The summed E-state index contributed by atoms with van der Waals surface area (Å²) < 4.78 is 4.90. The van der Waals surface area contributed by atoms with Gasteiger partial charge in [-0.25, -0.2) is 4.79 Å². The van der Waals surface area contributed by atoms with Crippen molar-refractivity contribution in [2.75, 3.05) is 0 Å². The lowest BCUT2D eigenvalue weighted by atomic mass is 10.1. The predicted octanol–water partition coefficient (Wildman–Crippen LogP) is 2.53. The van der Waals surface area contributed by atoms with Crippen molar-refractivity contribution in [3.8, 4) is 0 Å². The van der Waals surface area contributed by atoms with Crippen LogP contribution in [0, 0.1) is 0 Å². The van der Waals surface area contributed by atoms with Crippen molar-refractivity contribution in [2.45, 2.75) is 6.92 Å². The highest BCUT2D eigenvalue weighted by molar-refractivity contribution is 5.99. The molecule has 1 aliphatic rings. The van der Waals surface area contributed by atoms with Crippen molar-refractivity contribution in [1.82, 2.24) is 0 Å². The molecule has 2 nitrogen and oxygen atoms in total. The molecule has 2 rings (SSSR count). The van der Waals surface area contributed by atoms with E-state index in [1.54, 1.807) is 13.0 Å². The molecule has 0 bridgehead atoms. The Morgan fingerprint density at radius 1 is 1.21 bits per heavy atom. The van der Waals surface area contributed by atoms with Crippen LogP contribution in [0.25, 0.3) is 6.08 Å². The molecule has 14 heavy (non-hydrogen) atoms. The Labute approximate surface area is 82.5 Å². The van der Waals surface area contributed by atoms with Gasteiger partial charge in [0.15, 0.2) is 0 Å². The zero-order chi connectivity index (χ0) is 9.97. The molecule has 0 N–H and O–H groups in total. The van der Waals surface area contributed by atoms with Crippen LogP contribution >= 0.6 is 0 Å². The molecule has 0 aliphatic carbocycles. The minimum atomic E-state index is -0.272. The maximum absolute atomic E-state index is 11.2. The number of benzene rings is 1. The first kappa shape index (κ1) is 8.75. The second-order valence-electron chi connectivity index (χ2n) is 3.15. The van der Waals surface area contributed by atoms with Crippen LogP contribution in [0.3, 0.4) is 0 Å². The van der Waals surface area contributed by atoms with E-state index in [0.717, 1.165) is 5.56 Å². The van der Waals surface area contributed by atoms with Crippen molar-refractivity contribution in [2.24, 2.45) is 0 Å². The van der Waals surface area contributed by atoms with Crippen LogP contribution < -0.4 is 0 Å². The summed E-state index contributed by atoms with van der Waals surface area (Å²) in [6.45, 7) is 1.77. The number of ether oxygens (including phenoxy) is 1. The van der Waals surface area contributed by atoms with E-state index in [1.807, 2.05) is 36.4 Å². The molecular weight excluding hydrogens is 176 g/mol. The first-order chi connectivity index (χ1) is 6.75. The standard InChI is InChI=1S/C12H10O2/c1-9-7-11(12(13)14-9)8-10-5-3-2-4-6-10/h2-8H,1H3/b11-8-. The summed E-state index contributed by atoms with van der Waals surface area (Å²) in [6.07, 6.45) is 3.56. The van der Waals surface area contributed by atoms with Gasteiger partial charge >= 0.3 is 5.97 Å². The molecule has 2 heteroatoms. The first-order valence-corrected chi connectivity index (χ1v) is 4.43. The van der Waals surface area contributed by atoms with Gasteiger partial charge in [-0.1, -0.05) is 30.3 Å². The third-order valence-electron chi connectivity index (χ3n) is 1.97. The number of rotatable bonds is 1. The van der Waals surface area contributed by atoms with Crippen molar-refractivity contribution in [3.63, 3.8) is 0 Å². The monoisotopic (exact) mass is 186 g/mol. The minimum absolute atomic E-state index is 0.272. The van der Waals surface area contributed by atoms with Gasteiger partial charge in [-0.3, -0.25) is 0 Å². The fourth-order valence-corrected chi connectivity index (χ4v) is 1.34. The molecule has 0 fully saturated rings. The fraction of sp³-hybridized carbons (Fsp3) is 0.0833. The van der Waals surface area contributed by atoms with Crippen LogP contribution in [-0.4, -0.2) is 5.97 Å². The van der Waals surface area contributed by atoms with Crippen molar-refractivity contribution in [1.29, 1.82) is 0 Å². The van der Waals surface area contributed by atoms with Crippen LogP contribution in [0.15, 0.2) is 47.7 Å². The molecule has 0 unspecified atom stereocenters. The molecule has 1 heterocycles. The van der Waals surface area contributed by atoms with Crippen LogP contribution in [0.5, 0.6) is 0 Å². The molecule has 1 aliphatic heterocycles. The van der Waals surface area contributed by atoms with Gasteiger partial charge < -0.3 is 4.74 Å². The molecule has 0 saturated carbocycles. The van der Waals surface area contributed by atoms with E-state index in [0.29, 0.717) is 11.3 Å². The molecule has 1 aromatic carbocycles. The van der Waals surface area contributed by atoms with Crippen molar-refractivity contribution < 1.29 is 9.53 Å². The number of allylic oxidation sites excluding steroid dienone is 1. The molecule has 0 spiro atoms. The summed E-state index contributed by atoms with van der Waals surface area (Å²) in [4.78, 5) is 11.2. The Balaban J connectivity index is 2.32. The summed E-state index contributed by atoms with van der Waals surface area (Å²) >= 11 is 0. The quantitative estimate of drug-likeness (QED) is 0.497. The maximum Gasteiger partial charge on any atom is 0.343 e. The van der Waals surface area contributed by atoms with E-state index >= 15 is 0 Å². The van der Waals surface area contributed by atoms with Crippen LogP contribution in [0.2, 0.25) is 0 Å². The fourth-order valence-electron chi connectivity index (χ4n) is 1.34. The highest BCUT2D eigenvalue weighted by Crippen LogP contribution is 2.18. The van der Waals surface area contributed by atoms with Gasteiger partial charge in [0.25, 0.3) is 0 Å². The molecule has 70 valence electrons. The summed E-state index contributed by atoms with van der Waals surface area (Å²) in [5, 5.41) is 0. The molecule has 0 aromatic heterocycles. The zero-order valence-corrected chi connectivity index (χ0v) is 7.86. The van der Waals surface area contributed by atoms with Crippen LogP contribution in [0.1, 0.15) is 12.5 Å². The van der Waals surface area contributed by atoms with Gasteiger partial charge in [0, 0.05) is 0 Å². The SMILES string of the molecule is CC1=C/C(=C/c2ccccc2)C(=O)O1. The highest BCUT2D eigenvalue weighted by Gasteiger charge is 2.16. The minimum Gasteiger partial charge on any atom is -0.428 e. The van der Waals surface area contributed by atoms with E-state index in [9.17, 15) is 4.79 Å². The lowest BCUT2D eigenvalue weighted by Crippen LogP contribution is -1.95. The van der Waals surface area contributed by atoms with Crippen LogP contribution in [0.4, 0.5) is 0 Å². The Bertz CT molecular complexity index is 413. The number of hydrogen-bond donors (Lipinski definition) is 0. The molecule has 0 atom stereocenters. The van der Waals surface area contributed by atoms with E-state index < -0.39 is 0 Å². The third kappa shape index (κ3) is 1.74. The van der Waals surface area contributed by atoms with Crippen molar-refractivity contribution >= 4 is 12.0 Å². The van der Waals surface area contributed by atoms with Gasteiger partial charge in [-0.2, -0.15) is 0 Å². The van der Waals surface area contributed by atoms with Crippen molar-refractivity contribution in [3.05, 3.63) is 53.3 Å². The maximum atomic E-state index is 11.2. The Morgan fingerprint density at radius 3 is 2.50 bits per heavy atom. The molecule has 0 radical (unpaired) electrons. The van der Waals surface area contributed by atoms with Gasteiger partial charge in [0.2, 0.25) is 0 Å². The van der Waals surface area contributed by atoms with Gasteiger partial charge in [0.1, 0.15) is 5.76 Å². The zero-order valence-electron chi connectivity index (χ0n) is 7.86. The summed E-state index contributed by atoms with van der Waals surface area (Å²) in [6, 6.07) is 9.70. The smallest absolute Gasteiger partial charge is 0.343 e. The van der Waals surface area contributed by atoms with Gasteiger partial charge in [-0.05, 0) is 24.6 Å². The normalized spacial score (nSPS) is 18.2. The molecule has 0 saturated heterocycles. The topological polar surface area (TPSA) is 26.3 Å². The lowest BCUT2D eigenvalue weighted by Gasteiger charge is -1.93. The average molecular weight is 186 g/mol. The highest BCUT2D eigenvalue weighted by atomic mass is 16.5. The van der Waals surface area contributed by atoms with E-state index in [1.165, 1.54) is 0 Å². The Morgan fingerprint density at radius 2 is 1.93 bits per heavy atom. The summed E-state index contributed by atoms with van der Waals surface area (Å²) in [7, 11) is 0. The number of cyclic esters (lactones) is 1. The molecular formula is C12H10O2. The van der Waals surface area contributed by atoms with E-state index in [4.69, 9.17) is 4.74 Å². The second-order valence-corrected chi connectivity index (χ2v) is 3.15. The van der Waals surface area contributed by atoms with Crippen LogP contribution in [-0.2, 0) is 9.53 Å². The first-order valence-electron chi connectivity index (χ1n) is 4.43. The van der Waals surface area contributed by atoms with Gasteiger partial charge in [0.05, 0.1) is 5.57 Å². The van der Waals surface area contributed by atoms with E-state index in [-0.39, 0.29) is 5.97 Å². The summed E-state index contributed by atoms with van der Waals surface area (Å²) in [5.74, 6) is 0.378. The number of hydrogen-bond acceptors (Lipinski definition) is 2. The average Bonchev–Trinajstić information content (AvgIpc) is 2.47. The molecule has 1 aromatic rings. The number of carbonyl (C=O) groups excluding carboxylic acids is 1. The number of esters is 1. The summed E-state index contributed by atoms with van der Waals surface area (Å²) in [5.41, 5.74) is 1.61. The Kier molecular flexibility index (Phi) is 2.19. The van der Waals surface area contributed by atoms with Gasteiger partial charge in [-0.15, -0.1) is 0 Å². The largest absolute Gasteiger partial charge is 0.428 e. The van der Waals surface area contributed by atoms with E-state index in [2.05, 4.69) is 0 Å². The second kappa shape index (κ2) is 3.50.